The molecule has 0 saturated carbocycles. The molecule has 0 aliphatic heterocycles. The standard InChI is InChI=1S/C8H11N3O2/c1-8(2,3)6-4-5-7(10-9-6)11(12)13/h4-5H,1-3H3. The van der Waals surface area contributed by atoms with E-state index in [4.69, 9.17) is 0 Å². The van der Waals surface area contributed by atoms with E-state index in [9.17, 15) is 10.1 Å². The van der Waals surface area contributed by atoms with E-state index in [0.29, 0.717) is 0 Å². The minimum atomic E-state index is -0.556. The van der Waals surface area contributed by atoms with Crippen molar-refractivity contribution in [1.29, 1.82) is 0 Å². The Morgan fingerprint density at radius 2 is 1.92 bits per heavy atom. The van der Waals surface area contributed by atoms with Crippen molar-refractivity contribution < 1.29 is 4.92 Å². The van der Waals surface area contributed by atoms with E-state index < -0.39 is 4.92 Å². The molecule has 0 amide bonds. The van der Waals surface area contributed by atoms with Crippen LogP contribution in [0.3, 0.4) is 0 Å². The Morgan fingerprint density at radius 1 is 1.31 bits per heavy atom. The van der Waals surface area contributed by atoms with Gasteiger partial charge in [0.05, 0.1) is 10.8 Å². The summed E-state index contributed by atoms with van der Waals surface area (Å²) in [5.74, 6) is -0.215. The van der Waals surface area contributed by atoms with Crippen LogP contribution in [0.2, 0.25) is 0 Å². The molecule has 0 unspecified atom stereocenters. The highest BCUT2D eigenvalue weighted by Crippen LogP contribution is 2.19. The van der Waals surface area contributed by atoms with Gasteiger partial charge >= 0.3 is 5.82 Å². The van der Waals surface area contributed by atoms with Crippen molar-refractivity contribution in [2.45, 2.75) is 26.2 Å². The van der Waals surface area contributed by atoms with Gasteiger partial charge in [-0.2, -0.15) is 0 Å². The van der Waals surface area contributed by atoms with E-state index in [1.165, 1.54) is 6.07 Å². The monoisotopic (exact) mass is 181 g/mol. The van der Waals surface area contributed by atoms with Gasteiger partial charge in [0.25, 0.3) is 0 Å². The van der Waals surface area contributed by atoms with Crippen LogP contribution in [0.15, 0.2) is 12.1 Å². The molecule has 1 heterocycles. The zero-order valence-electron chi connectivity index (χ0n) is 7.81. The van der Waals surface area contributed by atoms with Crippen molar-refractivity contribution >= 4 is 5.82 Å². The Labute approximate surface area is 76.0 Å². The molecule has 0 radical (unpaired) electrons. The minimum absolute atomic E-state index is 0.123. The van der Waals surface area contributed by atoms with Gasteiger partial charge in [-0.05, 0) is 16.1 Å². The Bertz CT molecular complexity index is 313. The van der Waals surface area contributed by atoms with Crippen LogP contribution in [-0.2, 0) is 5.41 Å². The fourth-order valence-corrected chi connectivity index (χ4v) is 0.823. The Morgan fingerprint density at radius 3 is 2.23 bits per heavy atom. The summed E-state index contributed by atoms with van der Waals surface area (Å²) in [6.07, 6.45) is 0. The highest BCUT2D eigenvalue weighted by molar-refractivity contribution is 5.21. The molecule has 5 heteroatoms. The summed E-state index contributed by atoms with van der Waals surface area (Å²) in [7, 11) is 0. The second-order valence-corrected chi connectivity index (χ2v) is 3.78. The summed E-state index contributed by atoms with van der Waals surface area (Å²) in [6.45, 7) is 5.93. The predicted molar refractivity (Wildman–Crippen MR) is 47.4 cm³/mol. The SMILES string of the molecule is CC(C)(C)c1ccc([N+](=O)[O-])nn1. The molecule has 0 aliphatic carbocycles. The molecule has 1 aromatic heterocycles. The van der Waals surface area contributed by atoms with Crippen LogP contribution in [0.5, 0.6) is 0 Å². The average Bonchev–Trinajstić information content (AvgIpc) is 2.03. The summed E-state index contributed by atoms with van der Waals surface area (Å²) in [5, 5.41) is 17.5. The number of hydrogen-bond donors (Lipinski definition) is 0. The van der Waals surface area contributed by atoms with Gasteiger partial charge in [-0.1, -0.05) is 20.8 Å². The van der Waals surface area contributed by atoms with Crippen LogP contribution in [0.1, 0.15) is 26.5 Å². The smallest absolute Gasteiger partial charge is 0.358 e. The lowest BCUT2D eigenvalue weighted by molar-refractivity contribution is -0.390. The number of nitro groups is 1. The third kappa shape index (κ3) is 2.21. The number of nitrogens with zero attached hydrogens (tertiary/aromatic N) is 3. The van der Waals surface area contributed by atoms with Gasteiger partial charge in [0.1, 0.15) is 0 Å². The van der Waals surface area contributed by atoms with Crippen LogP contribution >= 0.6 is 0 Å². The van der Waals surface area contributed by atoms with Crippen molar-refractivity contribution in [3.63, 3.8) is 0 Å². The molecule has 0 fully saturated rings. The van der Waals surface area contributed by atoms with Crippen molar-refractivity contribution in [2.75, 3.05) is 0 Å². The molecule has 70 valence electrons. The lowest BCUT2D eigenvalue weighted by Gasteiger charge is -2.14. The topological polar surface area (TPSA) is 68.9 Å². The lowest BCUT2D eigenvalue weighted by atomic mass is 9.92. The van der Waals surface area contributed by atoms with E-state index in [1.807, 2.05) is 20.8 Å². The second-order valence-electron chi connectivity index (χ2n) is 3.78. The summed E-state index contributed by atoms with van der Waals surface area (Å²) >= 11 is 0. The zero-order chi connectivity index (χ0) is 10.1. The molecule has 1 rings (SSSR count). The first-order valence-electron chi connectivity index (χ1n) is 3.90. The van der Waals surface area contributed by atoms with E-state index >= 15 is 0 Å². The second kappa shape index (κ2) is 3.08. The van der Waals surface area contributed by atoms with Crippen molar-refractivity contribution in [3.05, 3.63) is 27.9 Å². The van der Waals surface area contributed by atoms with Crippen molar-refractivity contribution in [1.82, 2.24) is 10.2 Å². The largest absolute Gasteiger partial charge is 0.390 e. The van der Waals surface area contributed by atoms with Crippen LogP contribution in [-0.4, -0.2) is 15.1 Å². The van der Waals surface area contributed by atoms with Crippen molar-refractivity contribution in [2.24, 2.45) is 0 Å². The van der Waals surface area contributed by atoms with E-state index in [2.05, 4.69) is 10.2 Å². The fourth-order valence-electron chi connectivity index (χ4n) is 0.823. The molecule has 0 spiro atoms. The Hall–Kier alpha value is -1.52. The normalized spacial score (nSPS) is 11.3. The summed E-state index contributed by atoms with van der Waals surface area (Å²) in [6, 6.07) is 3.00. The maximum Gasteiger partial charge on any atom is 0.390 e. The highest BCUT2D eigenvalue weighted by atomic mass is 16.6. The van der Waals surface area contributed by atoms with Gasteiger partial charge in [0.2, 0.25) is 0 Å². The molecule has 5 nitrogen and oxygen atoms in total. The maximum atomic E-state index is 10.3. The van der Waals surface area contributed by atoms with Crippen molar-refractivity contribution in [3.8, 4) is 0 Å². The summed E-state index contributed by atoms with van der Waals surface area (Å²) in [4.78, 5) is 9.71. The predicted octanol–water partition coefficient (Wildman–Crippen LogP) is 1.68. The average molecular weight is 181 g/mol. The molecule has 13 heavy (non-hydrogen) atoms. The maximum absolute atomic E-state index is 10.3. The Kier molecular flexibility index (Phi) is 2.27. The summed E-state index contributed by atoms with van der Waals surface area (Å²) in [5.41, 5.74) is 0.625. The number of aromatic nitrogens is 2. The quantitative estimate of drug-likeness (QED) is 0.488. The van der Waals surface area contributed by atoms with E-state index in [-0.39, 0.29) is 11.2 Å². The lowest BCUT2D eigenvalue weighted by Crippen LogP contribution is -2.14. The minimum Gasteiger partial charge on any atom is -0.358 e. The van der Waals surface area contributed by atoms with Gasteiger partial charge in [0, 0.05) is 11.5 Å². The van der Waals surface area contributed by atoms with Gasteiger partial charge in [0.15, 0.2) is 0 Å². The first-order chi connectivity index (χ1) is 5.91. The van der Waals surface area contributed by atoms with Gasteiger partial charge < -0.3 is 10.1 Å². The van der Waals surface area contributed by atoms with E-state index in [1.54, 1.807) is 6.07 Å². The van der Waals surface area contributed by atoms with Crippen LogP contribution < -0.4 is 0 Å². The third-order valence-corrected chi connectivity index (χ3v) is 1.61. The van der Waals surface area contributed by atoms with Crippen LogP contribution in [0.4, 0.5) is 5.82 Å². The van der Waals surface area contributed by atoms with E-state index in [0.717, 1.165) is 5.69 Å². The first kappa shape index (κ1) is 9.57. The van der Waals surface area contributed by atoms with Crippen LogP contribution in [0.25, 0.3) is 0 Å². The fraction of sp³-hybridized carbons (Fsp3) is 0.500. The molecule has 0 aliphatic rings. The zero-order valence-corrected chi connectivity index (χ0v) is 7.81. The third-order valence-electron chi connectivity index (χ3n) is 1.61. The number of rotatable bonds is 1. The molecule has 0 bridgehead atoms. The molecular weight excluding hydrogens is 170 g/mol. The molecular formula is C8H11N3O2. The molecule has 1 aromatic rings. The number of hydrogen-bond acceptors (Lipinski definition) is 4. The summed E-state index contributed by atoms with van der Waals surface area (Å²) < 4.78 is 0. The molecule has 0 saturated heterocycles. The van der Waals surface area contributed by atoms with Gasteiger partial charge in [-0.3, -0.25) is 0 Å². The molecule has 0 aromatic carbocycles. The van der Waals surface area contributed by atoms with Gasteiger partial charge in [-0.25, -0.2) is 0 Å². The highest BCUT2D eigenvalue weighted by Gasteiger charge is 2.19. The Balaban J connectivity index is 3.01. The first-order valence-corrected chi connectivity index (χ1v) is 3.90. The molecule has 0 N–H and O–H groups in total. The van der Waals surface area contributed by atoms with Gasteiger partial charge in [-0.15, -0.1) is 0 Å². The molecule has 0 atom stereocenters. The van der Waals surface area contributed by atoms with Crippen LogP contribution in [0, 0.1) is 10.1 Å².